The molecule has 0 fully saturated rings. The summed E-state index contributed by atoms with van der Waals surface area (Å²) in [7, 11) is 0. The van der Waals surface area contributed by atoms with E-state index in [1.54, 1.807) is 18.2 Å². The number of esters is 1. The molecule has 0 radical (unpaired) electrons. The first-order chi connectivity index (χ1) is 13.0. The molecule has 0 aromatic heterocycles. The molecule has 7 nitrogen and oxygen atoms in total. The minimum absolute atomic E-state index is 0.0843. The summed E-state index contributed by atoms with van der Waals surface area (Å²) in [6.45, 7) is 0.434. The number of anilines is 2. The predicted molar refractivity (Wildman–Crippen MR) is 100 cm³/mol. The molecule has 0 aliphatic heterocycles. The normalized spacial score (nSPS) is 11.0. The molecule has 27 heavy (non-hydrogen) atoms. The summed E-state index contributed by atoms with van der Waals surface area (Å²) in [5.41, 5.74) is 1.74. The molecule has 0 saturated carbocycles. The van der Waals surface area contributed by atoms with Gasteiger partial charge in [0.2, 0.25) is 0 Å². The van der Waals surface area contributed by atoms with Crippen molar-refractivity contribution in [2.24, 2.45) is 5.92 Å². The van der Waals surface area contributed by atoms with Gasteiger partial charge in [-0.15, -0.1) is 0 Å². The lowest BCUT2D eigenvalue weighted by Gasteiger charge is -2.10. The van der Waals surface area contributed by atoms with Gasteiger partial charge in [-0.05, 0) is 43.3 Å². The number of benzene rings is 2. The van der Waals surface area contributed by atoms with Crippen molar-refractivity contribution in [3.63, 3.8) is 0 Å². The highest BCUT2D eigenvalue weighted by Gasteiger charge is 2.21. The lowest BCUT2D eigenvalue weighted by molar-refractivity contribution is -0.150. The summed E-state index contributed by atoms with van der Waals surface area (Å²) >= 11 is 0. The van der Waals surface area contributed by atoms with Crippen LogP contribution in [-0.4, -0.2) is 30.7 Å². The summed E-state index contributed by atoms with van der Waals surface area (Å²) in [4.78, 5) is 23.4. The molecular formula is C20H19N3O4. The maximum Gasteiger partial charge on any atom is 0.344 e. The third-order valence-corrected chi connectivity index (χ3v) is 3.53. The Bertz CT molecular complexity index is 842. The van der Waals surface area contributed by atoms with Gasteiger partial charge in [-0.25, -0.2) is 4.79 Å². The smallest absolute Gasteiger partial charge is 0.344 e. The molecule has 0 saturated heterocycles. The number of ketones is 1. The van der Waals surface area contributed by atoms with Gasteiger partial charge in [-0.3, -0.25) is 4.79 Å². The van der Waals surface area contributed by atoms with Gasteiger partial charge in [0.1, 0.15) is 11.7 Å². The Balaban J connectivity index is 1.77. The van der Waals surface area contributed by atoms with Gasteiger partial charge >= 0.3 is 5.97 Å². The molecule has 138 valence electrons. The third kappa shape index (κ3) is 6.29. The zero-order valence-corrected chi connectivity index (χ0v) is 14.8. The zero-order chi connectivity index (χ0) is 19.6. The molecular weight excluding hydrogens is 346 g/mol. The number of carbonyl (C=O) groups excluding carboxylic acids is 2. The molecule has 1 atom stereocenters. The summed E-state index contributed by atoms with van der Waals surface area (Å²) < 4.78 is 10.1. The number of carbonyl (C=O) groups is 2. The molecule has 0 bridgehead atoms. The van der Waals surface area contributed by atoms with Crippen molar-refractivity contribution in [2.45, 2.75) is 6.92 Å². The molecule has 2 aromatic rings. The van der Waals surface area contributed by atoms with Crippen LogP contribution < -0.4 is 10.1 Å². The van der Waals surface area contributed by atoms with Crippen molar-refractivity contribution in [1.29, 1.82) is 10.7 Å². The molecule has 0 heterocycles. The van der Waals surface area contributed by atoms with Crippen molar-refractivity contribution in [1.82, 2.24) is 0 Å². The van der Waals surface area contributed by atoms with Gasteiger partial charge in [0.05, 0.1) is 6.07 Å². The molecule has 7 heteroatoms. The van der Waals surface area contributed by atoms with E-state index in [4.69, 9.17) is 20.1 Å². The van der Waals surface area contributed by atoms with Crippen LogP contribution in [-0.2, 0) is 14.3 Å². The van der Waals surface area contributed by atoms with Crippen molar-refractivity contribution < 1.29 is 19.1 Å². The summed E-state index contributed by atoms with van der Waals surface area (Å²) in [6.07, 6.45) is 0. The summed E-state index contributed by atoms with van der Waals surface area (Å²) in [6, 6.07) is 18.4. The fourth-order valence-corrected chi connectivity index (χ4v) is 2.15. The van der Waals surface area contributed by atoms with Crippen molar-refractivity contribution >= 4 is 28.8 Å². The van der Waals surface area contributed by atoms with E-state index in [-0.39, 0.29) is 12.3 Å². The van der Waals surface area contributed by atoms with Gasteiger partial charge in [0.25, 0.3) is 0 Å². The van der Waals surface area contributed by atoms with E-state index in [1.165, 1.54) is 6.92 Å². The van der Waals surface area contributed by atoms with E-state index in [9.17, 15) is 9.59 Å². The first-order valence-electron chi connectivity index (χ1n) is 8.17. The van der Waals surface area contributed by atoms with Crippen LogP contribution in [0, 0.1) is 22.7 Å². The number of ether oxygens (including phenoxy) is 2. The van der Waals surface area contributed by atoms with Gasteiger partial charge in [-0.2, -0.15) is 5.26 Å². The average Bonchev–Trinajstić information content (AvgIpc) is 2.67. The Morgan fingerprint density at radius 1 is 1.07 bits per heavy atom. The van der Waals surface area contributed by atoms with E-state index in [1.807, 2.05) is 42.5 Å². The second-order valence-electron chi connectivity index (χ2n) is 5.68. The highest BCUT2D eigenvalue weighted by atomic mass is 16.6. The first-order valence-corrected chi connectivity index (χ1v) is 8.17. The number of hydrogen-bond donors (Lipinski definition) is 2. The molecule has 0 aliphatic carbocycles. The lowest BCUT2D eigenvalue weighted by atomic mass is 10.0. The van der Waals surface area contributed by atoms with Crippen molar-refractivity contribution in [3.8, 4) is 11.8 Å². The molecule has 0 aliphatic rings. The van der Waals surface area contributed by atoms with E-state index in [0.29, 0.717) is 5.75 Å². The monoisotopic (exact) mass is 365 g/mol. The molecule has 0 spiro atoms. The Labute approximate surface area is 157 Å². The van der Waals surface area contributed by atoms with E-state index in [2.05, 4.69) is 5.32 Å². The fraction of sp³-hybridized carbons (Fsp3) is 0.200. The first kappa shape index (κ1) is 19.7. The summed E-state index contributed by atoms with van der Waals surface area (Å²) in [5.74, 6) is -2.07. The Morgan fingerprint density at radius 3 is 2.30 bits per heavy atom. The highest BCUT2D eigenvalue weighted by Crippen LogP contribution is 2.19. The molecule has 0 amide bonds. The molecule has 2 aromatic carbocycles. The predicted octanol–water partition coefficient (Wildman–Crippen LogP) is 3.10. The molecule has 2 rings (SSSR count). The van der Waals surface area contributed by atoms with Gasteiger partial charge in [0, 0.05) is 17.1 Å². The SMILES string of the molecule is CC(=N)C(C#N)C(=O)COC(=O)COc1ccc(Nc2ccccc2)cc1. The topological polar surface area (TPSA) is 112 Å². The van der Waals surface area contributed by atoms with Gasteiger partial charge in [-0.1, -0.05) is 18.2 Å². The van der Waals surface area contributed by atoms with Crippen LogP contribution in [0.2, 0.25) is 0 Å². The number of nitriles is 1. The number of hydrogen-bond acceptors (Lipinski definition) is 7. The van der Waals surface area contributed by atoms with Crippen LogP contribution in [0.15, 0.2) is 54.6 Å². The minimum atomic E-state index is -1.19. The van der Waals surface area contributed by atoms with E-state index < -0.39 is 24.3 Å². The van der Waals surface area contributed by atoms with Crippen LogP contribution >= 0.6 is 0 Å². The molecule has 2 N–H and O–H groups in total. The summed E-state index contributed by atoms with van der Waals surface area (Å²) in [5, 5.41) is 19.4. The number of Topliss-reactive ketones (excluding diaryl/α,β-unsaturated/α-hetero) is 1. The quantitative estimate of drug-likeness (QED) is 0.521. The maximum atomic E-state index is 11.7. The van der Waals surface area contributed by atoms with Crippen LogP contribution in [0.25, 0.3) is 0 Å². The second-order valence-corrected chi connectivity index (χ2v) is 5.68. The van der Waals surface area contributed by atoms with Crippen LogP contribution in [0.4, 0.5) is 11.4 Å². The Kier molecular flexibility index (Phi) is 7.08. The maximum absolute atomic E-state index is 11.7. The second kappa shape index (κ2) is 9.73. The minimum Gasteiger partial charge on any atom is -0.482 e. The molecule has 1 unspecified atom stereocenters. The zero-order valence-electron chi connectivity index (χ0n) is 14.8. The number of para-hydroxylation sites is 1. The largest absolute Gasteiger partial charge is 0.482 e. The highest BCUT2D eigenvalue weighted by molar-refractivity contribution is 6.06. The Hall–Kier alpha value is -3.66. The Morgan fingerprint density at radius 2 is 1.70 bits per heavy atom. The fourth-order valence-electron chi connectivity index (χ4n) is 2.15. The van der Waals surface area contributed by atoms with Crippen LogP contribution in [0.1, 0.15) is 6.92 Å². The van der Waals surface area contributed by atoms with Crippen LogP contribution in [0.5, 0.6) is 5.75 Å². The third-order valence-electron chi connectivity index (χ3n) is 3.53. The van der Waals surface area contributed by atoms with Crippen LogP contribution in [0.3, 0.4) is 0 Å². The van der Waals surface area contributed by atoms with Gasteiger partial charge in [0.15, 0.2) is 19.0 Å². The van der Waals surface area contributed by atoms with Crippen molar-refractivity contribution in [3.05, 3.63) is 54.6 Å². The van der Waals surface area contributed by atoms with Crippen molar-refractivity contribution in [2.75, 3.05) is 18.5 Å². The average molecular weight is 365 g/mol. The standard InChI is InChI=1S/C20H19N3O4/c1-14(22)18(11-21)19(24)12-27-20(25)13-26-17-9-7-16(8-10-17)23-15-5-3-2-4-6-15/h2-10,18,22-23H,12-13H2,1H3. The van der Waals surface area contributed by atoms with Gasteiger partial charge < -0.3 is 20.2 Å². The van der Waals surface area contributed by atoms with E-state index in [0.717, 1.165) is 11.4 Å². The number of nitrogens with zero attached hydrogens (tertiary/aromatic N) is 1. The number of rotatable bonds is 9. The number of nitrogens with one attached hydrogen (secondary N) is 2. The van der Waals surface area contributed by atoms with E-state index >= 15 is 0 Å². The lowest BCUT2D eigenvalue weighted by Crippen LogP contribution is -2.27.